The predicted octanol–water partition coefficient (Wildman–Crippen LogP) is 12.6. The van der Waals surface area contributed by atoms with Crippen molar-refractivity contribution in [1.82, 2.24) is 0 Å². The lowest BCUT2D eigenvalue weighted by Crippen LogP contribution is -2.14. The molecule has 0 fully saturated rings. The van der Waals surface area contributed by atoms with Gasteiger partial charge in [0.05, 0.1) is 39.0 Å². The van der Waals surface area contributed by atoms with Crippen LogP contribution in [0.3, 0.4) is 0 Å². The van der Waals surface area contributed by atoms with Crippen LogP contribution in [0.25, 0.3) is 0 Å². The van der Waals surface area contributed by atoms with E-state index < -0.39 is 5.60 Å². The van der Waals surface area contributed by atoms with Crippen LogP contribution in [0.2, 0.25) is 0 Å². The highest BCUT2D eigenvalue weighted by molar-refractivity contribution is 7.14. The minimum Gasteiger partial charge on any atom is -0.378 e. The Kier molecular flexibility index (Phi) is 17.9. The monoisotopic (exact) mass is 826 g/mol. The molecule has 0 saturated heterocycles. The molecule has 0 unspecified atom stereocenters. The first-order valence-corrected chi connectivity index (χ1v) is 22.5. The number of aliphatic hydroxyl groups is 1. The van der Waals surface area contributed by atoms with Crippen LogP contribution in [0.15, 0.2) is 82.0 Å². The Hall–Kier alpha value is -5.54. The maximum Gasteiger partial charge on any atom is 0.120 e. The first-order valence-electron chi connectivity index (χ1n) is 19.2. The molecule has 0 radical (unpaired) electrons. The molecular weight excluding hydrogens is 781 g/mol. The van der Waals surface area contributed by atoms with Crippen molar-refractivity contribution in [3.63, 3.8) is 0 Å². The smallest absolute Gasteiger partial charge is 0.120 e. The second-order valence-corrected chi connectivity index (χ2v) is 18.0. The van der Waals surface area contributed by atoms with Gasteiger partial charge in [-0.25, -0.2) is 0 Å². The third-order valence-electron chi connectivity index (χ3n) is 8.05. The van der Waals surface area contributed by atoms with Crippen molar-refractivity contribution in [1.29, 1.82) is 0 Å². The van der Waals surface area contributed by atoms with E-state index in [1.165, 1.54) is 22.7 Å². The molecule has 0 bridgehead atoms. The molecule has 0 aliphatic carbocycles. The number of thiophene rings is 4. The van der Waals surface area contributed by atoms with Crippen LogP contribution in [-0.4, -0.2) is 10.7 Å². The van der Waals surface area contributed by atoms with Crippen molar-refractivity contribution in [3.05, 3.63) is 121 Å². The lowest BCUT2D eigenvalue weighted by Gasteiger charge is -2.05. The largest absolute Gasteiger partial charge is 0.378 e. The summed E-state index contributed by atoms with van der Waals surface area (Å²) < 4.78 is 0. The summed E-state index contributed by atoms with van der Waals surface area (Å²) in [6, 6.07) is 16.0. The molecule has 0 atom stereocenters. The molecule has 0 aromatic carbocycles. The third kappa shape index (κ3) is 15.4. The van der Waals surface area contributed by atoms with E-state index in [0.717, 1.165) is 111 Å². The first kappa shape index (κ1) is 45.2. The van der Waals surface area contributed by atoms with E-state index in [4.69, 9.17) is 6.42 Å². The summed E-state index contributed by atoms with van der Waals surface area (Å²) in [5.74, 6) is 48.6. The molecule has 0 saturated carbocycles. The number of terminal acetylenes is 1. The average molecular weight is 827 g/mol. The van der Waals surface area contributed by atoms with Crippen molar-refractivity contribution in [3.8, 4) is 95.2 Å². The lowest BCUT2D eigenvalue weighted by atomic mass is 10.1. The standard InChI is InChI=1S/C53H46OS4/c1-10-14-42(39(5)17-23-46-30-29-45(13-4)55-46)20-26-49-33-31-47(56-49)24-18-40(6)43(15-11-2)21-27-50-34-32-48(57-50)25-19-41(7)44(16-12-3)22-28-51-35-36-52(58-51)37-38-53(8,9)54/h4,29-36,54H,10-12,14-16H2,1-3,5-9H3/b42-39-,43-40+,44-41+. The van der Waals surface area contributed by atoms with Crippen LogP contribution in [0.5, 0.6) is 0 Å². The summed E-state index contributed by atoms with van der Waals surface area (Å²) in [7, 11) is 0. The van der Waals surface area contributed by atoms with Gasteiger partial charge in [0.2, 0.25) is 0 Å². The normalized spacial score (nSPS) is 11.4. The fourth-order valence-corrected chi connectivity index (χ4v) is 7.81. The molecule has 1 nitrogen and oxygen atoms in total. The highest BCUT2D eigenvalue weighted by Gasteiger charge is 2.07. The number of rotatable bonds is 6. The average Bonchev–Trinajstić information content (AvgIpc) is 4.04. The fraction of sp³-hybridized carbons (Fsp3) is 0.283. The molecule has 0 aliphatic rings. The summed E-state index contributed by atoms with van der Waals surface area (Å²) in [4.78, 5) is 7.55. The maximum absolute atomic E-state index is 9.89. The van der Waals surface area contributed by atoms with E-state index in [9.17, 15) is 5.11 Å². The van der Waals surface area contributed by atoms with Crippen molar-refractivity contribution in [2.75, 3.05) is 0 Å². The van der Waals surface area contributed by atoms with Gasteiger partial charge in [-0.3, -0.25) is 0 Å². The van der Waals surface area contributed by atoms with Crippen molar-refractivity contribution in [2.24, 2.45) is 0 Å². The Morgan fingerprint density at radius 2 is 0.724 bits per heavy atom. The first-order chi connectivity index (χ1) is 27.9. The fourth-order valence-electron chi connectivity index (χ4n) is 5.00. The Labute approximate surface area is 363 Å². The van der Waals surface area contributed by atoms with Crippen LogP contribution in [0.4, 0.5) is 0 Å². The Balaban J connectivity index is 1.47. The van der Waals surface area contributed by atoms with Crippen molar-refractivity contribution < 1.29 is 5.11 Å². The molecular formula is C53H46OS4. The van der Waals surface area contributed by atoms with Crippen LogP contribution in [-0.2, 0) is 0 Å². The molecule has 0 spiro atoms. The van der Waals surface area contributed by atoms with Crippen LogP contribution in [0, 0.1) is 95.2 Å². The lowest BCUT2D eigenvalue weighted by molar-refractivity contribution is 0.143. The van der Waals surface area contributed by atoms with Gasteiger partial charge < -0.3 is 5.11 Å². The number of hydrogen-bond donors (Lipinski definition) is 1. The highest BCUT2D eigenvalue weighted by atomic mass is 32.1. The summed E-state index contributed by atoms with van der Waals surface area (Å²) >= 11 is 6.25. The molecule has 4 aromatic rings. The van der Waals surface area contributed by atoms with Crippen LogP contribution < -0.4 is 0 Å². The van der Waals surface area contributed by atoms with Crippen LogP contribution in [0.1, 0.15) is 133 Å². The second-order valence-electron chi connectivity index (χ2n) is 13.7. The predicted molar refractivity (Wildman–Crippen MR) is 252 cm³/mol. The summed E-state index contributed by atoms with van der Waals surface area (Å²) in [5.41, 5.74) is 5.09. The van der Waals surface area contributed by atoms with Gasteiger partial charge in [0.25, 0.3) is 0 Å². The van der Waals surface area contributed by atoms with E-state index >= 15 is 0 Å². The molecule has 4 heterocycles. The molecule has 58 heavy (non-hydrogen) atoms. The van der Waals surface area contributed by atoms with E-state index in [2.05, 4.69) is 117 Å². The van der Waals surface area contributed by atoms with E-state index in [1.807, 2.05) is 62.4 Å². The second kappa shape index (κ2) is 23.0. The molecule has 288 valence electrons. The van der Waals surface area contributed by atoms with Crippen molar-refractivity contribution in [2.45, 2.75) is 99.5 Å². The van der Waals surface area contributed by atoms with Gasteiger partial charge in [-0.15, -0.1) is 51.8 Å². The van der Waals surface area contributed by atoms with E-state index in [0.29, 0.717) is 0 Å². The zero-order chi connectivity index (χ0) is 41.9. The molecule has 1 N–H and O–H groups in total. The maximum atomic E-state index is 9.89. The molecule has 5 heteroatoms. The third-order valence-corrected chi connectivity index (χ3v) is 11.7. The van der Waals surface area contributed by atoms with Gasteiger partial charge >= 0.3 is 0 Å². The van der Waals surface area contributed by atoms with Gasteiger partial charge in [0.15, 0.2) is 0 Å². The van der Waals surface area contributed by atoms with Gasteiger partial charge in [0, 0.05) is 33.4 Å². The number of hydrogen-bond acceptors (Lipinski definition) is 5. The Bertz CT molecular complexity index is 2710. The van der Waals surface area contributed by atoms with E-state index in [1.54, 1.807) is 36.5 Å². The highest BCUT2D eigenvalue weighted by Crippen LogP contribution is 2.20. The zero-order valence-electron chi connectivity index (χ0n) is 34.5. The Morgan fingerprint density at radius 3 is 0.983 bits per heavy atom. The molecule has 0 amide bonds. The Morgan fingerprint density at radius 1 is 0.466 bits per heavy atom. The number of allylic oxidation sites excluding steroid dienone is 6. The topological polar surface area (TPSA) is 20.2 Å². The van der Waals surface area contributed by atoms with Gasteiger partial charge in [-0.05, 0) is 102 Å². The molecule has 4 aromatic heterocycles. The summed E-state index contributed by atoms with van der Waals surface area (Å²) in [6.07, 6.45) is 11.1. The summed E-state index contributed by atoms with van der Waals surface area (Å²) in [6.45, 7) is 15.9. The van der Waals surface area contributed by atoms with Crippen molar-refractivity contribution >= 4 is 45.3 Å². The molecule has 4 rings (SSSR count). The minimum absolute atomic E-state index is 0.863. The SMILES string of the molecule is C#Cc1ccc(C#C/C(C)=C(\C#Cc2ccc(C#C/C(C)=C(/C#Cc3ccc(C#C/C(C)=C(/C#Cc4ccc(C#CC(C)(C)O)s4)CCC)s3)CCC)s2)CCC)s1. The van der Waals surface area contributed by atoms with Gasteiger partial charge in [-0.2, -0.15) is 0 Å². The zero-order valence-corrected chi connectivity index (χ0v) is 37.8. The van der Waals surface area contributed by atoms with Gasteiger partial charge in [0.1, 0.15) is 5.60 Å². The molecule has 0 aliphatic heterocycles. The quantitative estimate of drug-likeness (QED) is 0.192. The van der Waals surface area contributed by atoms with E-state index in [-0.39, 0.29) is 0 Å². The van der Waals surface area contributed by atoms with Crippen LogP contribution >= 0.6 is 45.3 Å². The summed E-state index contributed by atoms with van der Waals surface area (Å²) in [5, 5.41) is 9.89. The minimum atomic E-state index is -1.02. The van der Waals surface area contributed by atoms with Gasteiger partial charge in [-0.1, -0.05) is 129 Å².